The maximum Gasteiger partial charge on any atom is 0.422 e. The number of alkyl halides is 3. The maximum absolute atomic E-state index is 11.7. The van der Waals surface area contributed by atoms with Crippen molar-refractivity contribution in [2.45, 2.75) is 6.18 Å². The minimum Gasteiger partial charge on any atom is -0.466 e. The molecule has 0 saturated carbocycles. The van der Waals surface area contributed by atoms with E-state index in [-0.39, 0.29) is 5.88 Å². The predicted molar refractivity (Wildman–Crippen MR) is 42.5 cm³/mol. The van der Waals surface area contributed by atoms with E-state index in [0.717, 1.165) is 0 Å². The lowest BCUT2D eigenvalue weighted by molar-refractivity contribution is -0.154. The van der Waals surface area contributed by atoms with E-state index in [9.17, 15) is 13.2 Å². The highest BCUT2D eigenvalue weighted by molar-refractivity contribution is 9.10. The van der Waals surface area contributed by atoms with Crippen LogP contribution in [0, 0.1) is 0 Å². The van der Waals surface area contributed by atoms with Crippen LogP contribution in [0.2, 0.25) is 0 Å². The fourth-order valence-electron chi connectivity index (χ4n) is 0.687. The van der Waals surface area contributed by atoms with Gasteiger partial charge in [0.15, 0.2) is 6.61 Å². The first-order chi connectivity index (χ1) is 5.88. The molecule has 1 aromatic heterocycles. The van der Waals surface area contributed by atoms with E-state index in [1.54, 1.807) is 7.05 Å². The van der Waals surface area contributed by atoms with Gasteiger partial charge in [-0.2, -0.15) is 13.2 Å². The third kappa shape index (κ3) is 3.25. The fourth-order valence-corrected chi connectivity index (χ4v) is 1.18. The van der Waals surface area contributed by atoms with E-state index in [2.05, 4.69) is 25.8 Å². The number of halogens is 4. The van der Waals surface area contributed by atoms with Crippen LogP contribution in [0.15, 0.2) is 10.7 Å². The molecule has 0 bridgehead atoms. The molecule has 0 radical (unpaired) electrons. The molecular formula is C6H6BrF3N2O. The summed E-state index contributed by atoms with van der Waals surface area (Å²) in [7, 11) is 1.59. The number of aryl methyl sites for hydroxylation is 1. The number of ether oxygens (including phenoxy) is 1. The summed E-state index contributed by atoms with van der Waals surface area (Å²) in [5.41, 5.74) is 0. The molecule has 13 heavy (non-hydrogen) atoms. The first-order valence-electron chi connectivity index (χ1n) is 3.27. The molecule has 0 spiro atoms. The van der Waals surface area contributed by atoms with Gasteiger partial charge in [-0.25, -0.2) is 0 Å². The van der Waals surface area contributed by atoms with Crippen LogP contribution >= 0.6 is 15.9 Å². The molecule has 0 unspecified atom stereocenters. The Morgan fingerprint density at radius 1 is 1.62 bits per heavy atom. The summed E-state index contributed by atoms with van der Waals surface area (Å²) in [6, 6.07) is 0. The van der Waals surface area contributed by atoms with Gasteiger partial charge in [0.2, 0.25) is 5.88 Å². The van der Waals surface area contributed by atoms with Crippen molar-refractivity contribution in [2.75, 3.05) is 6.61 Å². The second kappa shape index (κ2) is 3.57. The molecule has 1 heterocycles. The molecule has 7 heteroatoms. The minimum absolute atomic E-state index is 0.0557. The second-order valence-electron chi connectivity index (χ2n) is 2.36. The van der Waals surface area contributed by atoms with Gasteiger partial charge in [0.25, 0.3) is 0 Å². The van der Waals surface area contributed by atoms with E-state index >= 15 is 0 Å². The molecule has 74 valence electrons. The summed E-state index contributed by atoms with van der Waals surface area (Å²) in [5, 5.41) is 3.66. The van der Waals surface area contributed by atoms with Crippen molar-refractivity contribution in [1.29, 1.82) is 0 Å². The van der Waals surface area contributed by atoms with E-state index in [1.165, 1.54) is 10.9 Å². The van der Waals surface area contributed by atoms with Gasteiger partial charge in [-0.1, -0.05) is 0 Å². The molecular weight excluding hydrogens is 253 g/mol. The summed E-state index contributed by atoms with van der Waals surface area (Å²) in [6.45, 7) is -1.33. The van der Waals surface area contributed by atoms with Gasteiger partial charge < -0.3 is 4.74 Å². The quantitative estimate of drug-likeness (QED) is 0.813. The molecule has 0 aliphatic carbocycles. The highest BCUT2D eigenvalue weighted by atomic mass is 79.9. The predicted octanol–water partition coefficient (Wildman–Crippen LogP) is 2.12. The van der Waals surface area contributed by atoms with Crippen LogP contribution in [0.1, 0.15) is 0 Å². The molecule has 1 aromatic rings. The monoisotopic (exact) mass is 258 g/mol. The average molecular weight is 259 g/mol. The van der Waals surface area contributed by atoms with Crippen molar-refractivity contribution in [1.82, 2.24) is 9.78 Å². The smallest absolute Gasteiger partial charge is 0.422 e. The Labute approximate surface area is 80.6 Å². The zero-order valence-corrected chi connectivity index (χ0v) is 8.18. The molecule has 0 fully saturated rings. The first-order valence-corrected chi connectivity index (χ1v) is 4.06. The van der Waals surface area contributed by atoms with Crippen LogP contribution in [0.5, 0.6) is 5.88 Å². The van der Waals surface area contributed by atoms with Gasteiger partial charge in [-0.05, 0) is 15.9 Å². The van der Waals surface area contributed by atoms with E-state index < -0.39 is 12.8 Å². The fraction of sp³-hybridized carbons (Fsp3) is 0.500. The van der Waals surface area contributed by atoms with Crippen molar-refractivity contribution in [3.8, 4) is 5.88 Å². The van der Waals surface area contributed by atoms with Crippen molar-refractivity contribution in [3.05, 3.63) is 10.7 Å². The first kappa shape index (κ1) is 10.4. The lowest BCUT2D eigenvalue weighted by atomic mass is 10.6. The molecule has 0 aliphatic rings. The van der Waals surface area contributed by atoms with Gasteiger partial charge in [0.1, 0.15) is 0 Å². The topological polar surface area (TPSA) is 27.1 Å². The van der Waals surface area contributed by atoms with Crippen molar-refractivity contribution in [2.24, 2.45) is 7.05 Å². The molecule has 1 rings (SSSR count). The van der Waals surface area contributed by atoms with Gasteiger partial charge >= 0.3 is 6.18 Å². The zero-order chi connectivity index (χ0) is 10.1. The van der Waals surface area contributed by atoms with Crippen LogP contribution < -0.4 is 4.74 Å². The van der Waals surface area contributed by atoms with Gasteiger partial charge in [-0.3, -0.25) is 4.68 Å². The Bertz CT molecular complexity index is 297. The van der Waals surface area contributed by atoms with Gasteiger partial charge in [-0.15, -0.1) is 5.10 Å². The van der Waals surface area contributed by atoms with E-state index in [4.69, 9.17) is 0 Å². The van der Waals surface area contributed by atoms with Gasteiger partial charge in [0.05, 0.1) is 4.47 Å². The molecule has 0 aromatic carbocycles. The second-order valence-corrected chi connectivity index (χ2v) is 3.21. The normalized spacial score (nSPS) is 11.8. The van der Waals surface area contributed by atoms with Crippen LogP contribution in [0.4, 0.5) is 13.2 Å². The number of aromatic nitrogens is 2. The summed E-state index contributed by atoms with van der Waals surface area (Å²) < 4.78 is 41.3. The van der Waals surface area contributed by atoms with Gasteiger partial charge in [0, 0.05) is 13.2 Å². The van der Waals surface area contributed by atoms with Crippen molar-refractivity contribution in [3.63, 3.8) is 0 Å². The number of rotatable bonds is 2. The Kier molecular flexibility index (Phi) is 2.84. The number of nitrogens with zero attached hydrogens (tertiary/aromatic N) is 2. The molecule has 0 atom stereocenters. The molecule has 0 amide bonds. The Hall–Kier alpha value is -0.720. The Morgan fingerprint density at radius 3 is 2.62 bits per heavy atom. The standard InChI is InChI=1S/C6H6BrF3N2O/c1-12-2-4(7)5(11-12)13-3-6(8,9)10/h2H,3H2,1H3. The highest BCUT2D eigenvalue weighted by Crippen LogP contribution is 2.24. The van der Waals surface area contributed by atoms with E-state index in [0.29, 0.717) is 4.47 Å². The third-order valence-electron chi connectivity index (χ3n) is 1.13. The molecule has 0 N–H and O–H groups in total. The molecule has 0 aliphatic heterocycles. The van der Waals surface area contributed by atoms with Crippen molar-refractivity contribution >= 4 is 15.9 Å². The SMILES string of the molecule is Cn1cc(Br)c(OCC(F)(F)F)n1. The van der Waals surface area contributed by atoms with Crippen LogP contribution in [-0.2, 0) is 7.05 Å². The number of hydrogen-bond donors (Lipinski definition) is 0. The lowest BCUT2D eigenvalue weighted by Crippen LogP contribution is -2.19. The van der Waals surface area contributed by atoms with Crippen LogP contribution in [-0.4, -0.2) is 22.6 Å². The Morgan fingerprint density at radius 2 is 2.23 bits per heavy atom. The zero-order valence-electron chi connectivity index (χ0n) is 6.60. The average Bonchev–Trinajstić information content (AvgIpc) is 2.24. The lowest BCUT2D eigenvalue weighted by Gasteiger charge is -2.06. The van der Waals surface area contributed by atoms with Crippen molar-refractivity contribution < 1.29 is 17.9 Å². The maximum atomic E-state index is 11.7. The minimum atomic E-state index is -4.34. The summed E-state index contributed by atoms with van der Waals surface area (Å²) >= 11 is 3.01. The third-order valence-corrected chi connectivity index (χ3v) is 1.67. The van der Waals surface area contributed by atoms with Crippen LogP contribution in [0.25, 0.3) is 0 Å². The van der Waals surface area contributed by atoms with Crippen LogP contribution in [0.3, 0.4) is 0 Å². The largest absolute Gasteiger partial charge is 0.466 e. The van der Waals surface area contributed by atoms with E-state index in [1.807, 2.05) is 0 Å². The molecule has 0 saturated heterocycles. The number of hydrogen-bond acceptors (Lipinski definition) is 2. The molecule has 3 nitrogen and oxygen atoms in total. The Balaban J connectivity index is 2.59. The highest BCUT2D eigenvalue weighted by Gasteiger charge is 2.29. The summed E-state index contributed by atoms with van der Waals surface area (Å²) in [4.78, 5) is 0. The summed E-state index contributed by atoms with van der Waals surface area (Å²) in [6.07, 6.45) is -2.83. The summed E-state index contributed by atoms with van der Waals surface area (Å²) in [5.74, 6) is -0.0557.